The Morgan fingerprint density at radius 1 is 1.12 bits per heavy atom. The smallest absolute Gasteiger partial charge is 0.268 e. The summed E-state index contributed by atoms with van der Waals surface area (Å²) in [5, 5.41) is 14.2. The van der Waals surface area contributed by atoms with Crippen LogP contribution in [0.1, 0.15) is 47.3 Å². The highest BCUT2D eigenvalue weighted by atomic mass is 16.6. The molecule has 0 spiro atoms. The second-order valence-electron chi connectivity index (χ2n) is 8.66. The quantitative estimate of drug-likeness (QED) is 0.331. The van der Waals surface area contributed by atoms with Crippen LogP contribution in [0.4, 0.5) is 5.82 Å². The third kappa shape index (κ3) is 4.39. The summed E-state index contributed by atoms with van der Waals surface area (Å²) in [6.07, 6.45) is 1.48. The molecule has 0 aliphatic carbocycles. The van der Waals surface area contributed by atoms with Crippen LogP contribution in [0.15, 0.2) is 36.7 Å². The van der Waals surface area contributed by atoms with Gasteiger partial charge in [-0.3, -0.25) is 9.89 Å². The summed E-state index contributed by atoms with van der Waals surface area (Å²) in [5.41, 5.74) is 3.77. The summed E-state index contributed by atoms with van der Waals surface area (Å²) in [4.78, 5) is 24.6. The number of hydrogen-bond acceptors (Lipinski definition) is 7. The van der Waals surface area contributed by atoms with Gasteiger partial charge in [-0.15, -0.1) is 0 Å². The first kappa shape index (κ1) is 21.7. The topological polar surface area (TPSA) is 130 Å². The number of nitrogens with one attached hydrogen (secondary N) is 4. The summed E-state index contributed by atoms with van der Waals surface area (Å²) in [6.45, 7) is 7.62. The Labute approximate surface area is 196 Å². The van der Waals surface area contributed by atoms with E-state index in [1.54, 1.807) is 6.07 Å². The monoisotopic (exact) mass is 461 g/mol. The zero-order valence-electron chi connectivity index (χ0n) is 19.3. The van der Waals surface area contributed by atoms with Gasteiger partial charge < -0.3 is 25.1 Å². The van der Waals surface area contributed by atoms with Crippen molar-refractivity contribution in [1.82, 2.24) is 30.5 Å². The number of benzene rings is 1. The summed E-state index contributed by atoms with van der Waals surface area (Å²) in [5.74, 6) is 2.17. The molecular formula is C24H27N7O3. The van der Waals surface area contributed by atoms with E-state index in [1.807, 2.05) is 31.2 Å². The summed E-state index contributed by atoms with van der Waals surface area (Å²) >= 11 is 0. The van der Waals surface area contributed by atoms with Crippen molar-refractivity contribution in [2.45, 2.75) is 33.4 Å². The number of fused-ring (bicyclic) bond motifs is 2. The molecule has 0 radical (unpaired) electrons. The van der Waals surface area contributed by atoms with E-state index in [2.05, 4.69) is 49.6 Å². The van der Waals surface area contributed by atoms with Gasteiger partial charge in [0.05, 0.1) is 23.7 Å². The van der Waals surface area contributed by atoms with E-state index < -0.39 is 0 Å². The van der Waals surface area contributed by atoms with Crippen LogP contribution in [-0.2, 0) is 6.54 Å². The van der Waals surface area contributed by atoms with Crippen LogP contribution in [0, 0.1) is 12.8 Å². The fourth-order valence-corrected chi connectivity index (χ4v) is 4.04. The molecule has 10 heteroatoms. The Hall–Kier alpha value is -4.08. The van der Waals surface area contributed by atoms with E-state index in [0.29, 0.717) is 36.9 Å². The molecule has 0 fully saturated rings. The Kier molecular flexibility index (Phi) is 5.79. The van der Waals surface area contributed by atoms with Crippen molar-refractivity contribution < 1.29 is 14.3 Å². The summed E-state index contributed by atoms with van der Waals surface area (Å²) < 4.78 is 11.4. The number of hydrogen-bond donors (Lipinski definition) is 4. The number of aromatic amines is 2. The van der Waals surface area contributed by atoms with Gasteiger partial charge in [0, 0.05) is 5.69 Å². The Morgan fingerprint density at radius 3 is 2.71 bits per heavy atom. The molecule has 1 atom stereocenters. The molecule has 1 amide bonds. The number of aromatic nitrogens is 5. The molecule has 4 aromatic rings. The van der Waals surface area contributed by atoms with Crippen molar-refractivity contribution in [3.8, 4) is 11.5 Å². The molecule has 3 aromatic heterocycles. The number of amides is 1. The van der Waals surface area contributed by atoms with Crippen molar-refractivity contribution in [1.29, 1.82) is 0 Å². The van der Waals surface area contributed by atoms with E-state index in [0.717, 1.165) is 33.8 Å². The molecule has 0 saturated carbocycles. The van der Waals surface area contributed by atoms with Gasteiger partial charge in [0.1, 0.15) is 36.7 Å². The minimum Gasteiger partial charge on any atom is -0.486 e. The molecule has 0 bridgehead atoms. The number of ether oxygens (including phenoxy) is 2. The lowest BCUT2D eigenvalue weighted by Crippen LogP contribution is -2.23. The fourth-order valence-electron chi connectivity index (χ4n) is 4.04. The Balaban J connectivity index is 1.38. The highest BCUT2D eigenvalue weighted by Crippen LogP contribution is 2.36. The standard InChI is InChI=1S/C24H27N7O3/c1-13(2)21(15-4-5-19-20(9-15)34-7-6-33-19)29-23-17-10-18(28-22(17)26-12-27-23)24(32)25-11-16-8-14(3)30-31-16/h4-5,8-10,12-13,21H,6-7,11H2,1-3H3,(H,25,32)(H,30,31)(H2,26,27,28,29)/t21-/m1/s1. The van der Waals surface area contributed by atoms with E-state index >= 15 is 0 Å². The van der Waals surface area contributed by atoms with Gasteiger partial charge >= 0.3 is 0 Å². The van der Waals surface area contributed by atoms with Crippen molar-refractivity contribution in [2.24, 2.45) is 5.92 Å². The maximum absolute atomic E-state index is 12.7. The van der Waals surface area contributed by atoms with Crippen LogP contribution in [0.3, 0.4) is 0 Å². The summed E-state index contributed by atoms with van der Waals surface area (Å²) in [6, 6.07) is 9.61. The zero-order chi connectivity index (χ0) is 23.7. The number of aryl methyl sites for hydroxylation is 1. The number of anilines is 1. The molecule has 10 nitrogen and oxygen atoms in total. The first-order valence-electron chi connectivity index (χ1n) is 11.3. The number of carbonyl (C=O) groups is 1. The third-order valence-electron chi connectivity index (χ3n) is 5.74. The minimum atomic E-state index is -0.239. The van der Waals surface area contributed by atoms with Crippen LogP contribution >= 0.6 is 0 Å². The van der Waals surface area contributed by atoms with Gasteiger partial charge in [0.2, 0.25) is 0 Å². The molecular weight excluding hydrogens is 434 g/mol. The average Bonchev–Trinajstić information content (AvgIpc) is 3.47. The predicted octanol–water partition coefficient (Wildman–Crippen LogP) is 3.50. The normalized spacial score (nSPS) is 13.8. The largest absolute Gasteiger partial charge is 0.486 e. The molecule has 0 unspecified atom stereocenters. The van der Waals surface area contributed by atoms with Gasteiger partial charge in [0.15, 0.2) is 11.5 Å². The van der Waals surface area contributed by atoms with Crippen molar-refractivity contribution in [3.05, 3.63) is 59.3 Å². The molecule has 1 aromatic carbocycles. The van der Waals surface area contributed by atoms with Gasteiger partial charge in [-0.05, 0) is 42.7 Å². The predicted molar refractivity (Wildman–Crippen MR) is 127 cm³/mol. The lowest BCUT2D eigenvalue weighted by Gasteiger charge is -2.26. The van der Waals surface area contributed by atoms with Crippen LogP contribution in [0.5, 0.6) is 11.5 Å². The van der Waals surface area contributed by atoms with Gasteiger partial charge in [-0.1, -0.05) is 19.9 Å². The van der Waals surface area contributed by atoms with E-state index in [1.165, 1.54) is 6.33 Å². The number of rotatable bonds is 7. The Bertz CT molecular complexity index is 1330. The second-order valence-corrected chi connectivity index (χ2v) is 8.66. The van der Waals surface area contributed by atoms with Crippen LogP contribution in [0.2, 0.25) is 0 Å². The lowest BCUT2D eigenvalue weighted by atomic mass is 9.95. The molecule has 4 N–H and O–H groups in total. The van der Waals surface area contributed by atoms with Crippen LogP contribution < -0.4 is 20.1 Å². The van der Waals surface area contributed by atoms with E-state index in [-0.39, 0.29) is 17.9 Å². The molecule has 1 aliphatic rings. The van der Waals surface area contributed by atoms with Crippen molar-refractivity contribution in [3.63, 3.8) is 0 Å². The van der Waals surface area contributed by atoms with Crippen molar-refractivity contribution in [2.75, 3.05) is 18.5 Å². The molecule has 1 aliphatic heterocycles. The van der Waals surface area contributed by atoms with Gasteiger partial charge in [-0.2, -0.15) is 5.10 Å². The fraction of sp³-hybridized carbons (Fsp3) is 0.333. The van der Waals surface area contributed by atoms with Gasteiger partial charge in [0.25, 0.3) is 5.91 Å². The number of H-pyrrole nitrogens is 2. The first-order chi connectivity index (χ1) is 16.5. The second kappa shape index (κ2) is 9.05. The molecule has 0 saturated heterocycles. The SMILES string of the molecule is Cc1cc(CNC(=O)c2cc3c(N[C@@H](c4ccc5c(c4)OCCO5)C(C)C)ncnc3[nH]2)n[nH]1. The summed E-state index contributed by atoms with van der Waals surface area (Å²) in [7, 11) is 0. The first-order valence-corrected chi connectivity index (χ1v) is 11.3. The molecule has 4 heterocycles. The number of nitrogens with zero attached hydrogens (tertiary/aromatic N) is 3. The van der Waals surface area contributed by atoms with Crippen LogP contribution in [0.25, 0.3) is 11.0 Å². The van der Waals surface area contributed by atoms with Gasteiger partial charge in [-0.25, -0.2) is 9.97 Å². The molecule has 5 rings (SSSR count). The Morgan fingerprint density at radius 2 is 1.94 bits per heavy atom. The van der Waals surface area contributed by atoms with E-state index in [4.69, 9.17) is 9.47 Å². The molecule has 34 heavy (non-hydrogen) atoms. The van der Waals surface area contributed by atoms with E-state index in [9.17, 15) is 4.79 Å². The average molecular weight is 462 g/mol. The molecule has 176 valence electrons. The zero-order valence-corrected chi connectivity index (χ0v) is 19.3. The number of carbonyl (C=O) groups excluding carboxylic acids is 1. The maximum atomic E-state index is 12.7. The maximum Gasteiger partial charge on any atom is 0.268 e. The highest BCUT2D eigenvalue weighted by Gasteiger charge is 2.22. The van der Waals surface area contributed by atoms with Crippen LogP contribution in [-0.4, -0.2) is 44.3 Å². The third-order valence-corrected chi connectivity index (χ3v) is 5.74. The van der Waals surface area contributed by atoms with Crippen molar-refractivity contribution >= 4 is 22.8 Å². The lowest BCUT2D eigenvalue weighted by molar-refractivity contribution is 0.0946. The highest BCUT2D eigenvalue weighted by molar-refractivity contribution is 5.99. The minimum absolute atomic E-state index is 0.0380.